The van der Waals surface area contributed by atoms with Gasteiger partial charge in [0.2, 0.25) is 0 Å². The molecule has 35 heavy (non-hydrogen) atoms. The molecule has 3 aromatic rings. The third-order valence-corrected chi connectivity index (χ3v) is 7.24. The summed E-state index contributed by atoms with van der Waals surface area (Å²) in [6.07, 6.45) is -0.566. The number of hydrogen-bond acceptors (Lipinski definition) is 6. The van der Waals surface area contributed by atoms with Crippen molar-refractivity contribution in [3.63, 3.8) is 0 Å². The van der Waals surface area contributed by atoms with Gasteiger partial charge < -0.3 is 19.3 Å². The van der Waals surface area contributed by atoms with Crippen LogP contribution in [0.2, 0.25) is 0 Å². The summed E-state index contributed by atoms with van der Waals surface area (Å²) < 4.78 is 20.4. The van der Waals surface area contributed by atoms with Crippen molar-refractivity contribution in [2.24, 2.45) is 11.8 Å². The monoisotopic (exact) mass is 478 g/mol. The fourth-order valence-electron chi connectivity index (χ4n) is 5.41. The second-order valence-electron chi connectivity index (χ2n) is 9.52. The van der Waals surface area contributed by atoms with Crippen molar-refractivity contribution >= 4 is 0 Å². The summed E-state index contributed by atoms with van der Waals surface area (Å²) >= 11 is 0. The SMILES string of the molecule is Cc1cn([C@@H]2O[C@]3(COCc4ccccc4)[C@@H](O)[C@@H](C)[C@H]2[C@@H]3OCc2ccccc2)c(=O)[nH]c1=O. The van der Waals surface area contributed by atoms with Gasteiger partial charge >= 0.3 is 5.69 Å². The molecule has 6 atom stereocenters. The van der Waals surface area contributed by atoms with Gasteiger partial charge in [-0.2, -0.15) is 0 Å². The van der Waals surface area contributed by atoms with E-state index in [1.807, 2.05) is 67.6 Å². The number of aliphatic hydroxyl groups excluding tert-OH is 1. The van der Waals surface area contributed by atoms with E-state index in [0.29, 0.717) is 18.8 Å². The van der Waals surface area contributed by atoms with Crippen molar-refractivity contribution < 1.29 is 19.3 Å². The van der Waals surface area contributed by atoms with Crippen LogP contribution in [0.25, 0.3) is 0 Å². The molecule has 8 nitrogen and oxygen atoms in total. The summed E-state index contributed by atoms with van der Waals surface area (Å²) in [4.78, 5) is 27.0. The first-order chi connectivity index (χ1) is 16.9. The molecule has 8 heteroatoms. The lowest BCUT2D eigenvalue weighted by Crippen LogP contribution is -2.53. The average molecular weight is 479 g/mol. The highest BCUT2D eigenvalue weighted by Gasteiger charge is 2.69. The van der Waals surface area contributed by atoms with Crippen molar-refractivity contribution in [3.05, 3.63) is 104 Å². The second-order valence-corrected chi connectivity index (χ2v) is 9.52. The standard InChI is InChI=1S/C27H30N2O6/c1-17-13-29(26(32)28-24(17)31)25-21-18(2)22(30)27(35-25,16-33-14-19-9-5-3-6-10-19)23(21)34-15-20-11-7-4-8-12-20/h3-13,18,21-23,25,30H,14-16H2,1-2H3,(H,28,31,32)/t18-,21-,22-,23-,25+,27+/m0/s1. The molecule has 1 saturated carbocycles. The molecule has 0 unspecified atom stereocenters. The lowest BCUT2D eigenvalue weighted by molar-refractivity contribution is -0.217. The molecule has 1 saturated heterocycles. The van der Waals surface area contributed by atoms with E-state index in [9.17, 15) is 14.7 Å². The van der Waals surface area contributed by atoms with Gasteiger partial charge in [-0.3, -0.25) is 14.3 Å². The van der Waals surface area contributed by atoms with Gasteiger partial charge in [0.1, 0.15) is 11.8 Å². The number of H-pyrrole nitrogens is 1. The lowest BCUT2D eigenvalue weighted by atomic mass is 9.92. The zero-order valence-corrected chi connectivity index (χ0v) is 19.8. The topological polar surface area (TPSA) is 103 Å². The third-order valence-electron chi connectivity index (χ3n) is 7.24. The largest absolute Gasteiger partial charge is 0.390 e. The van der Waals surface area contributed by atoms with Gasteiger partial charge in [-0.25, -0.2) is 4.79 Å². The van der Waals surface area contributed by atoms with Gasteiger partial charge in [0, 0.05) is 17.7 Å². The molecule has 1 aromatic heterocycles. The number of ether oxygens (including phenoxy) is 3. The van der Waals surface area contributed by atoms with Crippen LogP contribution < -0.4 is 11.2 Å². The van der Waals surface area contributed by atoms with Gasteiger partial charge in [-0.1, -0.05) is 67.6 Å². The van der Waals surface area contributed by atoms with Crippen molar-refractivity contribution in [3.8, 4) is 0 Å². The zero-order valence-electron chi connectivity index (χ0n) is 19.8. The van der Waals surface area contributed by atoms with Gasteiger partial charge in [0.15, 0.2) is 0 Å². The predicted molar refractivity (Wildman–Crippen MR) is 129 cm³/mol. The number of nitrogens with zero attached hydrogens (tertiary/aromatic N) is 1. The normalized spacial score (nSPS) is 29.5. The number of aliphatic hydroxyl groups is 1. The molecular formula is C27H30N2O6. The number of nitrogens with one attached hydrogen (secondary N) is 1. The number of benzene rings is 2. The Morgan fingerprint density at radius 2 is 1.66 bits per heavy atom. The highest BCUT2D eigenvalue weighted by molar-refractivity contribution is 5.19. The molecule has 1 aliphatic carbocycles. The number of aryl methyl sites for hydroxylation is 1. The number of aromatic nitrogens is 2. The second kappa shape index (κ2) is 9.54. The van der Waals surface area contributed by atoms with Crippen molar-refractivity contribution in [2.75, 3.05) is 6.61 Å². The van der Waals surface area contributed by atoms with E-state index in [1.54, 1.807) is 6.92 Å². The Bertz CT molecular complexity index is 1270. The van der Waals surface area contributed by atoms with E-state index >= 15 is 0 Å². The summed E-state index contributed by atoms with van der Waals surface area (Å²) in [5.41, 5.74) is 0.254. The van der Waals surface area contributed by atoms with Crippen molar-refractivity contribution in [1.82, 2.24) is 9.55 Å². The summed E-state index contributed by atoms with van der Waals surface area (Å²) in [7, 11) is 0. The maximum atomic E-state index is 12.7. The third kappa shape index (κ3) is 4.27. The highest BCUT2D eigenvalue weighted by atomic mass is 16.6. The minimum Gasteiger partial charge on any atom is -0.390 e. The Morgan fingerprint density at radius 3 is 2.31 bits per heavy atom. The Labute approximate surface area is 203 Å². The maximum Gasteiger partial charge on any atom is 0.330 e. The molecular weight excluding hydrogens is 448 g/mol. The molecule has 2 heterocycles. The van der Waals surface area contributed by atoms with E-state index in [4.69, 9.17) is 14.2 Å². The van der Waals surface area contributed by atoms with E-state index < -0.39 is 35.3 Å². The van der Waals surface area contributed by atoms with Crippen LogP contribution in [0.1, 0.15) is 29.8 Å². The van der Waals surface area contributed by atoms with Crippen molar-refractivity contribution in [1.29, 1.82) is 0 Å². The summed E-state index contributed by atoms with van der Waals surface area (Å²) in [6.45, 7) is 4.36. The fourth-order valence-corrected chi connectivity index (χ4v) is 5.41. The summed E-state index contributed by atoms with van der Waals surface area (Å²) in [6, 6.07) is 19.6. The molecule has 5 rings (SSSR count). The number of fused-ring (bicyclic) bond motifs is 2. The number of aromatic amines is 1. The minimum absolute atomic E-state index is 0.0942. The minimum atomic E-state index is -1.16. The molecule has 2 N–H and O–H groups in total. The Kier molecular flexibility index (Phi) is 6.46. The van der Waals surface area contributed by atoms with Crippen LogP contribution in [0, 0.1) is 18.8 Å². The molecule has 2 aromatic carbocycles. The van der Waals surface area contributed by atoms with Crippen LogP contribution >= 0.6 is 0 Å². The summed E-state index contributed by atoms with van der Waals surface area (Å²) in [5, 5.41) is 11.3. The Balaban J connectivity index is 1.47. The van der Waals surface area contributed by atoms with E-state index in [2.05, 4.69) is 4.98 Å². The number of rotatable bonds is 8. The van der Waals surface area contributed by atoms with Gasteiger partial charge in [-0.05, 0) is 24.0 Å². The molecule has 184 valence electrons. The first kappa shape index (κ1) is 23.7. The quantitative estimate of drug-likeness (QED) is 0.516. The van der Waals surface area contributed by atoms with E-state index in [0.717, 1.165) is 11.1 Å². The predicted octanol–water partition coefficient (Wildman–Crippen LogP) is 2.54. The van der Waals surface area contributed by atoms with Crippen LogP contribution in [0.3, 0.4) is 0 Å². The molecule has 1 aliphatic heterocycles. The smallest absolute Gasteiger partial charge is 0.330 e. The van der Waals surface area contributed by atoms with Crippen molar-refractivity contribution in [2.45, 2.75) is 51.1 Å². The molecule has 0 radical (unpaired) electrons. The van der Waals surface area contributed by atoms with Crippen LogP contribution in [0.5, 0.6) is 0 Å². The Morgan fingerprint density at radius 1 is 1.03 bits per heavy atom. The summed E-state index contributed by atoms with van der Waals surface area (Å²) in [5.74, 6) is -0.550. The zero-order chi connectivity index (χ0) is 24.6. The number of hydrogen-bond donors (Lipinski definition) is 2. The van der Waals surface area contributed by atoms with Gasteiger partial charge in [-0.15, -0.1) is 0 Å². The molecule has 0 spiro atoms. The van der Waals surface area contributed by atoms with E-state index in [-0.39, 0.29) is 18.4 Å². The first-order valence-corrected chi connectivity index (χ1v) is 11.9. The van der Waals surface area contributed by atoms with Crippen LogP contribution in [0.4, 0.5) is 0 Å². The molecule has 0 amide bonds. The average Bonchev–Trinajstić information content (AvgIpc) is 3.28. The highest BCUT2D eigenvalue weighted by Crippen LogP contribution is 2.57. The molecule has 2 bridgehead atoms. The van der Waals surface area contributed by atoms with E-state index in [1.165, 1.54) is 10.8 Å². The molecule has 2 fully saturated rings. The maximum absolute atomic E-state index is 12.7. The first-order valence-electron chi connectivity index (χ1n) is 11.9. The van der Waals surface area contributed by atoms with Crippen LogP contribution in [-0.4, -0.2) is 39.1 Å². The fraction of sp³-hybridized carbons (Fsp3) is 0.407. The van der Waals surface area contributed by atoms with Gasteiger partial charge in [0.25, 0.3) is 5.56 Å². The molecule has 2 aliphatic rings. The Hall–Kier alpha value is -3.04. The van der Waals surface area contributed by atoms with Gasteiger partial charge in [0.05, 0.1) is 32.0 Å². The van der Waals surface area contributed by atoms with Crippen LogP contribution in [-0.2, 0) is 27.4 Å². The van der Waals surface area contributed by atoms with Crippen LogP contribution in [0.15, 0.2) is 76.4 Å². The lowest BCUT2D eigenvalue weighted by Gasteiger charge is -2.38.